The van der Waals surface area contributed by atoms with Crippen LogP contribution in [0.1, 0.15) is 0 Å². The van der Waals surface area contributed by atoms with Crippen LogP contribution in [0.15, 0.2) is 0 Å². The van der Waals surface area contributed by atoms with E-state index in [1.165, 1.54) is 5.40 Å². The maximum absolute atomic E-state index is 8.36. The molecule has 0 aromatic rings. The Morgan fingerprint density at radius 3 is 2.00 bits per heavy atom. The van der Waals surface area contributed by atoms with Crippen LogP contribution < -0.4 is 0 Å². The van der Waals surface area contributed by atoms with E-state index in [9.17, 15) is 0 Å². The summed E-state index contributed by atoms with van der Waals surface area (Å²) in [5, 5.41) is 15.5. The average molecular weight is 105 g/mol. The molecule has 0 unspecified atom stereocenters. The summed E-state index contributed by atoms with van der Waals surface area (Å²) in [6, 6.07) is 0. The minimum atomic E-state index is -0.250. The first-order chi connectivity index (χ1) is 2.83. The second kappa shape index (κ2) is 27.5. The average Bonchev–Trinajstić information content (AvgIpc) is 1.39. The molecule has 0 rings (SSSR count). The van der Waals surface area contributed by atoms with Crippen molar-refractivity contribution in [2.45, 2.75) is 0 Å². The van der Waals surface area contributed by atoms with E-state index in [0.29, 0.717) is 0 Å². The van der Waals surface area contributed by atoms with Crippen molar-refractivity contribution >= 4 is 19.1 Å². The van der Waals surface area contributed by atoms with Gasteiger partial charge in [-0.05, 0) is 0 Å². The number of thiol groups is 1. The number of nitrogens with zero attached hydrogens (tertiary/aromatic N) is 1. The lowest BCUT2D eigenvalue weighted by molar-refractivity contribution is -0.122. The summed E-state index contributed by atoms with van der Waals surface area (Å²) < 4.78 is 0. The van der Waals surface area contributed by atoms with Crippen molar-refractivity contribution in [3.63, 3.8) is 0 Å². The van der Waals surface area contributed by atoms with E-state index in [0.717, 1.165) is 0 Å². The quantitative estimate of drug-likeness (QED) is 0.261. The third-order valence-electron chi connectivity index (χ3n) is 0. The third kappa shape index (κ3) is 37.1. The highest BCUT2D eigenvalue weighted by molar-refractivity contribution is 7.85. The molecule has 0 radical (unpaired) electrons. The molecule has 0 aliphatic heterocycles. The van der Waals surface area contributed by atoms with Gasteiger partial charge in [-0.2, -0.15) is 5.26 Å². The maximum Gasteiger partial charge on any atom is 0.290 e. The lowest BCUT2D eigenvalue weighted by Gasteiger charge is -1.34. The minimum absolute atomic E-state index is 0.250. The van der Waals surface area contributed by atoms with Crippen molar-refractivity contribution in [3.8, 4) is 5.40 Å². The molecule has 1 N–H and O–H groups in total. The number of hydrogen-bond donors (Lipinski definition) is 2. The van der Waals surface area contributed by atoms with Gasteiger partial charge in [0, 0.05) is 0 Å². The Morgan fingerprint density at radius 1 is 2.00 bits per heavy atom. The Kier molecular flexibility index (Phi) is 41.3. The zero-order chi connectivity index (χ0) is 5.41. The van der Waals surface area contributed by atoms with E-state index in [1.807, 2.05) is 0 Å². The maximum atomic E-state index is 8.36. The Hall–Kier alpha value is -0.690. The highest BCUT2D eigenvalue weighted by Crippen LogP contribution is 1.46. The van der Waals surface area contributed by atoms with Gasteiger partial charge in [-0.1, -0.05) is 12.6 Å². The number of nitriles is 1. The summed E-state index contributed by atoms with van der Waals surface area (Å²) >= 11 is 3.09. The molecule has 0 aliphatic carbocycles. The predicted molar refractivity (Wildman–Crippen MR) is 23.3 cm³/mol. The number of hydrogen-bond acceptors (Lipinski definition) is 3. The zero-order valence-electron chi connectivity index (χ0n) is 2.83. The molecule has 0 aromatic heterocycles. The first-order valence-electron chi connectivity index (χ1n) is 0.941. The molecule has 0 amide bonds. The molecule has 0 saturated carbocycles. The normalized spacial score (nSPS) is 3.33. The van der Waals surface area contributed by atoms with E-state index >= 15 is 0 Å². The second-order valence-corrected chi connectivity index (χ2v) is 0.405. The highest BCUT2D eigenvalue weighted by atomic mass is 32.1. The molecule has 0 heterocycles. The number of rotatable bonds is 0. The highest BCUT2D eigenvalue weighted by Gasteiger charge is 1.22. The molecule has 0 saturated heterocycles. The first-order valence-corrected chi connectivity index (χ1v) is 1.39. The molecule has 3 nitrogen and oxygen atoms in total. The van der Waals surface area contributed by atoms with Crippen LogP contribution in [0.3, 0.4) is 0 Å². The predicted octanol–water partition coefficient (Wildman–Crippen LogP) is 0.0981. The lowest BCUT2D eigenvalue weighted by atomic mass is 11.7. The van der Waals surface area contributed by atoms with Crippen molar-refractivity contribution < 1.29 is 9.90 Å². The molecular weight excluding hydrogens is 102 g/mol. The van der Waals surface area contributed by atoms with Gasteiger partial charge in [0.2, 0.25) is 0 Å². The fraction of sp³-hybridized carbons (Fsp3) is 0. The molecular formula is C2H3NO2S. The van der Waals surface area contributed by atoms with Crippen molar-refractivity contribution in [2.24, 2.45) is 0 Å². The van der Waals surface area contributed by atoms with Crippen molar-refractivity contribution in [1.29, 1.82) is 5.26 Å². The molecule has 0 bridgehead atoms. The monoisotopic (exact) mass is 105 g/mol. The summed E-state index contributed by atoms with van der Waals surface area (Å²) in [6.45, 7) is -0.250. The van der Waals surface area contributed by atoms with Gasteiger partial charge in [-0.15, -0.1) is 0 Å². The standard InChI is InChI=1S/CHNS.CH2O2/c2*2-1-3/h3H;1H,(H,2,3). The molecule has 0 aromatic carbocycles. The second-order valence-electron chi connectivity index (χ2n) is 0.205. The molecule has 0 atom stereocenters. The fourth-order valence-corrected chi connectivity index (χ4v) is 0. The van der Waals surface area contributed by atoms with Gasteiger partial charge in [-0.3, -0.25) is 4.79 Å². The molecule has 0 aliphatic rings. The van der Waals surface area contributed by atoms with Crippen LogP contribution in [0.2, 0.25) is 0 Å². The molecule has 34 valence electrons. The number of thiocyanates is 1. The molecule has 6 heavy (non-hydrogen) atoms. The van der Waals surface area contributed by atoms with E-state index in [2.05, 4.69) is 12.6 Å². The summed E-state index contributed by atoms with van der Waals surface area (Å²) in [5.41, 5.74) is 0. The first kappa shape index (κ1) is 9.00. The van der Waals surface area contributed by atoms with Crippen molar-refractivity contribution in [3.05, 3.63) is 0 Å². The van der Waals surface area contributed by atoms with Gasteiger partial charge in [0.1, 0.15) is 5.40 Å². The summed E-state index contributed by atoms with van der Waals surface area (Å²) in [5.74, 6) is 0. The van der Waals surface area contributed by atoms with E-state index in [-0.39, 0.29) is 6.47 Å². The molecule has 4 heteroatoms. The van der Waals surface area contributed by atoms with Crippen LogP contribution >= 0.6 is 12.6 Å². The van der Waals surface area contributed by atoms with Crippen LogP contribution in [-0.4, -0.2) is 11.6 Å². The Labute approximate surface area is 40.6 Å². The Bertz CT molecular complexity index is 57.1. The number of carbonyl (C=O) groups is 1. The van der Waals surface area contributed by atoms with Crippen molar-refractivity contribution in [2.75, 3.05) is 0 Å². The van der Waals surface area contributed by atoms with Crippen LogP contribution in [0, 0.1) is 10.7 Å². The van der Waals surface area contributed by atoms with Gasteiger partial charge in [0.25, 0.3) is 6.47 Å². The largest absolute Gasteiger partial charge is 0.483 e. The summed E-state index contributed by atoms with van der Waals surface area (Å²) in [7, 11) is 0. The van der Waals surface area contributed by atoms with Crippen LogP contribution in [0.5, 0.6) is 0 Å². The van der Waals surface area contributed by atoms with E-state index in [4.69, 9.17) is 15.2 Å². The van der Waals surface area contributed by atoms with Gasteiger partial charge >= 0.3 is 0 Å². The van der Waals surface area contributed by atoms with Gasteiger partial charge < -0.3 is 5.11 Å². The topological polar surface area (TPSA) is 61.1 Å². The SMILES string of the molecule is N#CS.O=CO. The fourth-order valence-electron chi connectivity index (χ4n) is 0. The lowest BCUT2D eigenvalue weighted by Crippen LogP contribution is -1.49. The zero-order valence-corrected chi connectivity index (χ0v) is 3.72. The smallest absolute Gasteiger partial charge is 0.290 e. The van der Waals surface area contributed by atoms with E-state index in [1.54, 1.807) is 0 Å². The molecule has 0 spiro atoms. The van der Waals surface area contributed by atoms with Crippen LogP contribution in [0.4, 0.5) is 0 Å². The Morgan fingerprint density at radius 2 is 2.00 bits per heavy atom. The van der Waals surface area contributed by atoms with E-state index < -0.39 is 0 Å². The van der Waals surface area contributed by atoms with Crippen LogP contribution in [0.25, 0.3) is 0 Å². The summed E-state index contributed by atoms with van der Waals surface area (Å²) in [6.07, 6.45) is 0. The van der Waals surface area contributed by atoms with Crippen molar-refractivity contribution in [1.82, 2.24) is 0 Å². The van der Waals surface area contributed by atoms with Gasteiger partial charge in [0.15, 0.2) is 0 Å². The van der Waals surface area contributed by atoms with Crippen LogP contribution in [-0.2, 0) is 4.79 Å². The minimum Gasteiger partial charge on any atom is -0.483 e. The summed E-state index contributed by atoms with van der Waals surface area (Å²) in [4.78, 5) is 8.36. The molecule has 0 fully saturated rings. The Balaban J connectivity index is 0. The van der Waals surface area contributed by atoms with Gasteiger partial charge in [-0.25, -0.2) is 0 Å². The van der Waals surface area contributed by atoms with Gasteiger partial charge in [0.05, 0.1) is 0 Å². The third-order valence-corrected chi connectivity index (χ3v) is 0. The number of carboxylic acid groups (broad SMARTS) is 1.